The number of methoxy groups -OCH3 is 1. The minimum Gasteiger partial charge on any atom is -0.496 e. The van der Waals surface area contributed by atoms with Crippen LogP contribution in [0.25, 0.3) is 0 Å². The minimum atomic E-state index is -0.930. The number of nitrogens with zero attached hydrogens (tertiary/aromatic N) is 2. The fourth-order valence-electron chi connectivity index (χ4n) is 3.34. The summed E-state index contributed by atoms with van der Waals surface area (Å²) in [5.41, 5.74) is 0.801. The second-order valence-corrected chi connectivity index (χ2v) is 6.35. The van der Waals surface area contributed by atoms with Gasteiger partial charge in [0.05, 0.1) is 13.2 Å². The van der Waals surface area contributed by atoms with Gasteiger partial charge in [0.1, 0.15) is 17.7 Å². The van der Waals surface area contributed by atoms with Crippen molar-refractivity contribution in [3.8, 4) is 5.75 Å². The van der Waals surface area contributed by atoms with Gasteiger partial charge in [-0.05, 0) is 18.2 Å². The zero-order valence-electron chi connectivity index (χ0n) is 13.8. The molecule has 0 aromatic heterocycles. The molecule has 1 amide bonds. The highest BCUT2D eigenvalue weighted by atomic mass is 19.1. The molecule has 2 fully saturated rings. The molecule has 5 nitrogen and oxygen atoms in total. The van der Waals surface area contributed by atoms with Gasteiger partial charge in [0.15, 0.2) is 0 Å². The summed E-state index contributed by atoms with van der Waals surface area (Å²) in [4.78, 5) is 16.3. The first-order chi connectivity index (χ1) is 11.6. The van der Waals surface area contributed by atoms with Crippen LogP contribution >= 0.6 is 0 Å². The Balaban J connectivity index is 1.54. The van der Waals surface area contributed by atoms with Gasteiger partial charge in [0.25, 0.3) is 0 Å². The van der Waals surface area contributed by atoms with Gasteiger partial charge in [-0.1, -0.05) is 0 Å². The number of halogens is 2. The molecular weight excluding hydrogens is 316 g/mol. The molecule has 0 unspecified atom stereocenters. The molecule has 132 valence electrons. The summed E-state index contributed by atoms with van der Waals surface area (Å²) in [5.74, 6) is 0.366. The van der Waals surface area contributed by atoms with E-state index >= 15 is 0 Å². The van der Waals surface area contributed by atoms with Crippen LogP contribution in [0.3, 0.4) is 0 Å². The summed E-state index contributed by atoms with van der Waals surface area (Å²) in [6, 6.07) is 4.10. The van der Waals surface area contributed by atoms with Gasteiger partial charge < -0.3 is 15.0 Å². The van der Waals surface area contributed by atoms with E-state index in [1.807, 2.05) is 0 Å². The van der Waals surface area contributed by atoms with Crippen molar-refractivity contribution < 1.29 is 18.3 Å². The minimum absolute atomic E-state index is 0.0156. The van der Waals surface area contributed by atoms with Gasteiger partial charge in [0.2, 0.25) is 5.91 Å². The van der Waals surface area contributed by atoms with Crippen molar-refractivity contribution in [2.45, 2.75) is 25.2 Å². The molecule has 2 saturated heterocycles. The van der Waals surface area contributed by atoms with Gasteiger partial charge >= 0.3 is 0 Å². The third-order valence-electron chi connectivity index (χ3n) is 4.70. The van der Waals surface area contributed by atoms with Crippen LogP contribution in [0.1, 0.15) is 12.0 Å². The number of hydrogen-bond acceptors (Lipinski definition) is 4. The molecule has 3 rings (SSSR count). The van der Waals surface area contributed by atoms with E-state index in [1.165, 1.54) is 12.1 Å². The highest BCUT2D eigenvalue weighted by Gasteiger charge is 2.33. The number of ether oxygens (including phenoxy) is 1. The highest BCUT2D eigenvalue weighted by Crippen LogP contribution is 2.22. The Morgan fingerprint density at radius 2 is 2.08 bits per heavy atom. The van der Waals surface area contributed by atoms with E-state index in [-0.39, 0.29) is 24.7 Å². The predicted molar refractivity (Wildman–Crippen MR) is 86.1 cm³/mol. The maximum Gasteiger partial charge on any atom is 0.239 e. The van der Waals surface area contributed by atoms with Gasteiger partial charge in [-0.3, -0.25) is 9.69 Å². The van der Waals surface area contributed by atoms with Crippen molar-refractivity contribution in [2.24, 2.45) is 0 Å². The van der Waals surface area contributed by atoms with Crippen LogP contribution < -0.4 is 10.1 Å². The molecular formula is C17H23F2N3O2. The maximum atomic E-state index is 13.4. The van der Waals surface area contributed by atoms with Crippen molar-refractivity contribution in [1.82, 2.24) is 15.1 Å². The highest BCUT2D eigenvalue weighted by molar-refractivity contribution is 5.82. The summed E-state index contributed by atoms with van der Waals surface area (Å²) < 4.78 is 31.9. The lowest BCUT2D eigenvalue weighted by Gasteiger charge is -2.36. The first kappa shape index (κ1) is 17.1. The smallest absolute Gasteiger partial charge is 0.239 e. The van der Waals surface area contributed by atoms with Gasteiger partial charge in [-0.2, -0.15) is 0 Å². The summed E-state index contributed by atoms with van der Waals surface area (Å²) in [6.45, 7) is 3.46. The first-order valence-electron chi connectivity index (χ1n) is 8.28. The maximum absolute atomic E-state index is 13.4. The molecule has 0 saturated carbocycles. The first-order valence-corrected chi connectivity index (χ1v) is 8.28. The normalized spacial score (nSPS) is 25.0. The zero-order chi connectivity index (χ0) is 17.1. The monoisotopic (exact) mass is 339 g/mol. The molecule has 2 atom stereocenters. The van der Waals surface area contributed by atoms with E-state index in [4.69, 9.17) is 4.74 Å². The van der Waals surface area contributed by atoms with E-state index in [2.05, 4.69) is 10.2 Å². The average molecular weight is 339 g/mol. The summed E-state index contributed by atoms with van der Waals surface area (Å²) in [7, 11) is 1.57. The molecule has 0 radical (unpaired) electrons. The van der Waals surface area contributed by atoms with E-state index in [0.717, 1.165) is 5.56 Å². The van der Waals surface area contributed by atoms with Gasteiger partial charge in [-0.25, -0.2) is 8.78 Å². The van der Waals surface area contributed by atoms with E-state index in [1.54, 1.807) is 18.1 Å². The number of nitrogens with one attached hydrogen (secondary N) is 1. The number of hydrogen-bond donors (Lipinski definition) is 1. The molecule has 24 heavy (non-hydrogen) atoms. The molecule has 1 aromatic rings. The van der Waals surface area contributed by atoms with Crippen molar-refractivity contribution in [2.75, 3.05) is 39.8 Å². The Labute approximate surface area is 140 Å². The van der Waals surface area contributed by atoms with Gasteiger partial charge in [0, 0.05) is 51.3 Å². The number of alkyl halides is 1. The Morgan fingerprint density at radius 3 is 2.71 bits per heavy atom. The lowest BCUT2D eigenvalue weighted by Crippen LogP contribution is -2.52. The summed E-state index contributed by atoms with van der Waals surface area (Å²) in [6.07, 6.45) is -0.666. The lowest BCUT2D eigenvalue weighted by molar-refractivity contribution is -0.135. The quantitative estimate of drug-likeness (QED) is 0.895. The summed E-state index contributed by atoms with van der Waals surface area (Å²) >= 11 is 0. The average Bonchev–Trinajstić information content (AvgIpc) is 3.02. The Hall–Kier alpha value is -1.73. The number of rotatable bonds is 4. The standard InChI is InChI=1S/C17H23F2N3O2/c1-24-16-3-2-13(18)8-12(16)11-21-4-6-22(7-5-21)17(23)15-9-14(19)10-20-15/h2-3,8,14-15,20H,4-7,9-11H2,1H3/t14-,15+/m0/s1. The molecule has 7 heteroatoms. The topological polar surface area (TPSA) is 44.8 Å². The number of carbonyl (C=O) groups excluding carboxylic acids is 1. The van der Waals surface area contributed by atoms with Crippen molar-refractivity contribution in [3.05, 3.63) is 29.6 Å². The van der Waals surface area contributed by atoms with E-state index in [9.17, 15) is 13.6 Å². The molecule has 2 heterocycles. The second-order valence-electron chi connectivity index (χ2n) is 6.35. The Bertz CT molecular complexity index is 591. The molecule has 2 aliphatic rings. The van der Waals surface area contributed by atoms with Crippen LogP contribution in [0.5, 0.6) is 5.75 Å². The second kappa shape index (κ2) is 7.44. The molecule has 1 aromatic carbocycles. The SMILES string of the molecule is COc1ccc(F)cc1CN1CCN(C(=O)[C@H]2C[C@H](F)CN2)CC1. The van der Waals surface area contributed by atoms with E-state index < -0.39 is 12.2 Å². The third kappa shape index (κ3) is 3.84. The number of carbonyl (C=O) groups is 1. The van der Waals surface area contributed by atoms with Crippen LogP contribution in [0.15, 0.2) is 18.2 Å². The van der Waals surface area contributed by atoms with Crippen molar-refractivity contribution >= 4 is 5.91 Å². The number of amides is 1. The fourth-order valence-corrected chi connectivity index (χ4v) is 3.34. The van der Waals surface area contributed by atoms with E-state index in [0.29, 0.717) is 38.5 Å². The predicted octanol–water partition coefficient (Wildman–Crippen LogP) is 1.18. The molecule has 0 aliphatic carbocycles. The van der Waals surface area contributed by atoms with Crippen LogP contribution in [-0.2, 0) is 11.3 Å². The van der Waals surface area contributed by atoms with Crippen LogP contribution in [0.4, 0.5) is 8.78 Å². The molecule has 0 spiro atoms. The van der Waals surface area contributed by atoms with Gasteiger partial charge in [-0.15, -0.1) is 0 Å². The number of piperazine rings is 1. The van der Waals surface area contributed by atoms with Crippen LogP contribution in [0.2, 0.25) is 0 Å². The lowest BCUT2D eigenvalue weighted by atomic mass is 10.1. The molecule has 1 N–H and O–H groups in total. The van der Waals surface area contributed by atoms with Crippen molar-refractivity contribution in [1.29, 1.82) is 0 Å². The Kier molecular flexibility index (Phi) is 5.30. The Morgan fingerprint density at radius 1 is 1.33 bits per heavy atom. The fraction of sp³-hybridized carbons (Fsp3) is 0.588. The third-order valence-corrected chi connectivity index (χ3v) is 4.70. The largest absolute Gasteiger partial charge is 0.496 e. The zero-order valence-corrected chi connectivity index (χ0v) is 13.8. The van der Waals surface area contributed by atoms with Crippen molar-refractivity contribution in [3.63, 3.8) is 0 Å². The number of benzene rings is 1. The van der Waals surface area contributed by atoms with Crippen LogP contribution in [-0.4, -0.2) is 67.8 Å². The summed E-state index contributed by atoms with van der Waals surface area (Å²) in [5, 5.41) is 2.94. The molecule has 0 bridgehead atoms. The molecule has 2 aliphatic heterocycles. The van der Waals surface area contributed by atoms with Crippen LogP contribution in [0, 0.1) is 5.82 Å².